The Morgan fingerprint density at radius 1 is 1.09 bits per heavy atom. The van der Waals surface area contributed by atoms with Crippen LogP contribution in [0.2, 0.25) is 0 Å². The zero-order valence-corrected chi connectivity index (χ0v) is 18.1. The molecule has 1 aliphatic rings. The number of hydrogen-bond acceptors (Lipinski definition) is 10. The van der Waals surface area contributed by atoms with E-state index >= 15 is 0 Å². The number of nitrogens with zero attached hydrogens (tertiary/aromatic N) is 5. The van der Waals surface area contributed by atoms with Crippen molar-refractivity contribution in [1.82, 2.24) is 24.3 Å². The largest absolute Gasteiger partial charge is 0.479 e. The smallest absolute Gasteiger partial charge is 0.411 e. The molecule has 180 valence electrons. The predicted molar refractivity (Wildman–Crippen MR) is 109 cm³/mol. The predicted octanol–water partition coefficient (Wildman–Crippen LogP) is -1.40. The lowest BCUT2D eigenvalue weighted by molar-refractivity contribution is -0.279. The molecule has 4 N–H and O–H groups in total. The second-order valence-corrected chi connectivity index (χ2v) is 7.63. The molecule has 0 bridgehead atoms. The molecule has 5 atom stereocenters. The van der Waals surface area contributed by atoms with E-state index in [0.717, 1.165) is 16.0 Å². The fourth-order valence-electron chi connectivity index (χ4n) is 3.24. The summed E-state index contributed by atoms with van der Waals surface area (Å²) in [5.41, 5.74) is 1.18. The quantitative estimate of drug-likeness (QED) is 0.405. The molecule has 14 heteroatoms. The SMILES string of the molecule is Cc1ncnc2c1ccn2C(=O)N(C)CCN(C)C(=O)O[C@@H]1O[C@H](C(=O)O)[C@@H](O)[C@H](O)[C@H]1O. The zero-order chi connectivity index (χ0) is 24.4. The molecule has 14 nitrogen and oxygen atoms in total. The molecule has 2 amide bonds. The van der Waals surface area contributed by atoms with Gasteiger partial charge in [0, 0.05) is 38.8 Å². The number of aryl methyl sites for hydroxylation is 1. The van der Waals surface area contributed by atoms with E-state index in [0.29, 0.717) is 5.65 Å². The number of rotatable bonds is 5. The van der Waals surface area contributed by atoms with Crippen LogP contribution in [0.25, 0.3) is 11.0 Å². The highest BCUT2D eigenvalue weighted by Gasteiger charge is 2.48. The lowest BCUT2D eigenvalue weighted by Crippen LogP contribution is -2.61. The van der Waals surface area contributed by atoms with Crippen LogP contribution in [0.4, 0.5) is 9.59 Å². The van der Waals surface area contributed by atoms with Crippen molar-refractivity contribution >= 4 is 29.1 Å². The van der Waals surface area contributed by atoms with Gasteiger partial charge in [-0.3, -0.25) is 4.57 Å². The molecule has 1 aliphatic heterocycles. The van der Waals surface area contributed by atoms with Crippen LogP contribution < -0.4 is 0 Å². The molecule has 2 aromatic rings. The van der Waals surface area contributed by atoms with Crippen molar-refractivity contribution < 1.29 is 44.3 Å². The minimum Gasteiger partial charge on any atom is -0.479 e. The van der Waals surface area contributed by atoms with Crippen LogP contribution in [-0.2, 0) is 14.3 Å². The summed E-state index contributed by atoms with van der Waals surface area (Å²) in [6.07, 6.45) is -7.42. The van der Waals surface area contributed by atoms with Gasteiger partial charge in [0.2, 0.25) is 6.29 Å². The summed E-state index contributed by atoms with van der Waals surface area (Å²) in [7, 11) is 2.89. The van der Waals surface area contributed by atoms with Gasteiger partial charge in [0.25, 0.3) is 0 Å². The highest BCUT2D eigenvalue weighted by atomic mass is 16.7. The molecule has 0 spiro atoms. The Morgan fingerprint density at radius 2 is 1.76 bits per heavy atom. The van der Waals surface area contributed by atoms with E-state index in [1.165, 1.54) is 29.9 Å². The summed E-state index contributed by atoms with van der Waals surface area (Å²) in [5, 5.41) is 39.2. The van der Waals surface area contributed by atoms with Gasteiger partial charge in [-0.2, -0.15) is 0 Å². The lowest BCUT2D eigenvalue weighted by Gasteiger charge is -2.38. The molecule has 33 heavy (non-hydrogen) atoms. The Hall–Kier alpha value is -3.33. The summed E-state index contributed by atoms with van der Waals surface area (Å²) in [5.74, 6) is -1.60. The maximum Gasteiger partial charge on any atom is 0.411 e. The van der Waals surface area contributed by atoms with Crippen LogP contribution in [0.15, 0.2) is 18.6 Å². The molecule has 1 fully saturated rings. The molecule has 0 saturated carbocycles. The first kappa shape index (κ1) is 24.3. The van der Waals surface area contributed by atoms with Gasteiger partial charge in [-0.25, -0.2) is 24.4 Å². The van der Waals surface area contributed by atoms with Gasteiger partial charge in [0.1, 0.15) is 24.6 Å². The highest BCUT2D eigenvalue weighted by molar-refractivity contribution is 5.90. The van der Waals surface area contributed by atoms with E-state index in [9.17, 15) is 29.7 Å². The molecule has 1 saturated heterocycles. The number of aliphatic carboxylic acids is 1. The normalized spacial score (nSPS) is 25.0. The van der Waals surface area contributed by atoms with Gasteiger partial charge < -0.3 is 39.7 Å². The van der Waals surface area contributed by atoms with Crippen molar-refractivity contribution in [2.45, 2.75) is 37.6 Å². The Kier molecular flexibility index (Phi) is 7.12. The monoisotopic (exact) mass is 467 g/mol. The third kappa shape index (κ3) is 4.88. The number of amides is 2. The van der Waals surface area contributed by atoms with Crippen molar-refractivity contribution in [3.8, 4) is 0 Å². The third-order valence-electron chi connectivity index (χ3n) is 5.33. The van der Waals surface area contributed by atoms with Crippen molar-refractivity contribution in [3.63, 3.8) is 0 Å². The van der Waals surface area contributed by atoms with Crippen LogP contribution in [0.3, 0.4) is 0 Å². The zero-order valence-electron chi connectivity index (χ0n) is 18.1. The number of fused-ring (bicyclic) bond motifs is 1. The highest BCUT2D eigenvalue weighted by Crippen LogP contribution is 2.23. The van der Waals surface area contributed by atoms with E-state index in [4.69, 9.17) is 14.6 Å². The summed E-state index contributed by atoms with van der Waals surface area (Å²) < 4.78 is 11.2. The topological polar surface area (TPSA) is 188 Å². The Labute approximate surface area is 187 Å². The van der Waals surface area contributed by atoms with Crippen LogP contribution in [0.1, 0.15) is 5.69 Å². The van der Waals surface area contributed by atoms with E-state index < -0.39 is 48.8 Å². The Bertz CT molecular complexity index is 1040. The van der Waals surface area contributed by atoms with Crippen molar-refractivity contribution in [2.75, 3.05) is 27.2 Å². The van der Waals surface area contributed by atoms with E-state index in [-0.39, 0.29) is 13.1 Å². The summed E-state index contributed by atoms with van der Waals surface area (Å²) in [6.45, 7) is 1.92. The summed E-state index contributed by atoms with van der Waals surface area (Å²) in [4.78, 5) is 46.9. The van der Waals surface area contributed by atoms with E-state index in [2.05, 4.69) is 9.97 Å². The molecule has 2 aromatic heterocycles. The average Bonchev–Trinajstić information content (AvgIpc) is 3.22. The minimum atomic E-state index is -1.90. The van der Waals surface area contributed by atoms with Gasteiger partial charge in [0.05, 0.1) is 5.69 Å². The first-order chi connectivity index (χ1) is 15.5. The maximum absolute atomic E-state index is 12.8. The lowest BCUT2D eigenvalue weighted by atomic mass is 9.99. The van der Waals surface area contributed by atoms with Crippen molar-refractivity contribution in [1.29, 1.82) is 0 Å². The number of carboxylic acid groups (broad SMARTS) is 1. The number of hydrogen-bond donors (Lipinski definition) is 4. The van der Waals surface area contributed by atoms with Crippen LogP contribution >= 0.6 is 0 Å². The van der Waals surface area contributed by atoms with Crippen molar-refractivity contribution in [3.05, 3.63) is 24.3 Å². The summed E-state index contributed by atoms with van der Waals surface area (Å²) in [6, 6.07) is 1.34. The minimum absolute atomic E-state index is 0.0185. The average molecular weight is 467 g/mol. The number of carboxylic acids is 1. The molecule has 3 rings (SSSR count). The standard InChI is InChI=1S/C19H25N5O9/c1-9-10-4-5-24(15(10)21-8-20-9)18(30)22(2)6-7-23(3)19(31)33-17-13(27)11(25)12(26)14(32-17)16(28)29/h4-5,8,11-14,17,25-27H,6-7H2,1-3H3,(H,28,29)/t11-,12-,13+,14-,17-/m0/s1. The number of carbonyl (C=O) groups excluding carboxylic acids is 2. The van der Waals surface area contributed by atoms with Gasteiger partial charge in [-0.15, -0.1) is 0 Å². The maximum atomic E-state index is 12.8. The fourth-order valence-corrected chi connectivity index (χ4v) is 3.24. The number of aliphatic hydroxyl groups is 3. The number of ether oxygens (including phenoxy) is 2. The number of likely N-dealkylation sites (N-methyl/N-ethyl adjacent to an activating group) is 2. The first-order valence-electron chi connectivity index (χ1n) is 9.91. The number of aromatic nitrogens is 3. The Morgan fingerprint density at radius 3 is 2.42 bits per heavy atom. The molecule has 0 aliphatic carbocycles. The molecule has 3 heterocycles. The second-order valence-electron chi connectivity index (χ2n) is 7.63. The second kappa shape index (κ2) is 9.66. The molecule has 0 aromatic carbocycles. The van der Waals surface area contributed by atoms with E-state index in [1.807, 2.05) is 0 Å². The first-order valence-corrected chi connectivity index (χ1v) is 9.91. The fraction of sp³-hybridized carbons (Fsp3) is 0.526. The van der Waals surface area contributed by atoms with Crippen LogP contribution in [0.5, 0.6) is 0 Å². The van der Waals surface area contributed by atoms with Gasteiger partial charge in [-0.05, 0) is 13.0 Å². The van der Waals surface area contributed by atoms with Crippen molar-refractivity contribution in [2.24, 2.45) is 0 Å². The molecule has 0 radical (unpaired) electrons. The molecular formula is C19H25N5O9. The Balaban J connectivity index is 1.58. The van der Waals surface area contributed by atoms with Gasteiger partial charge in [-0.1, -0.05) is 0 Å². The van der Waals surface area contributed by atoms with E-state index in [1.54, 1.807) is 19.2 Å². The molecule has 0 unspecified atom stereocenters. The number of aliphatic hydroxyl groups excluding tert-OH is 3. The van der Waals surface area contributed by atoms with Gasteiger partial charge in [0.15, 0.2) is 11.8 Å². The summed E-state index contributed by atoms with van der Waals surface area (Å²) >= 11 is 0. The van der Waals surface area contributed by atoms with Gasteiger partial charge >= 0.3 is 18.1 Å². The number of carbonyl (C=O) groups is 3. The van der Waals surface area contributed by atoms with Crippen LogP contribution in [0, 0.1) is 6.92 Å². The third-order valence-corrected chi connectivity index (χ3v) is 5.33. The van der Waals surface area contributed by atoms with Crippen LogP contribution in [-0.4, -0.2) is 121 Å². The molecular weight excluding hydrogens is 442 g/mol.